The lowest BCUT2D eigenvalue weighted by atomic mass is 9.47. The van der Waals surface area contributed by atoms with Gasteiger partial charge < -0.3 is 0 Å². The van der Waals surface area contributed by atoms with Crippen molar-refractivity contribution in [2.45, 2.75) is 64.5 Å². The zero-order valence-corrected chi connectivity index (χ0v) is 13.1. The van der Waals surface area contributed by atoms with Crippen molar-refractivity contribution in [1.82, 2.24) is 15.2 Å². The summed E-state index contributed by atoms with van der Waals surface area (Å²) in [6.07, 6.45) is 13.9. The van der Waals surface area contributed by atoms with Crippen molar-refractivity contribution >= 4 is 0 Å². The molecule has 0 amide bonds. The van der Waals surface area contributed by atoms with Gasteiger partial charge in [-0.15, -0.1) is 0 Å². The molecule has 1 aromatic heterocycles. The zero-order valence-electron chi connectivity index (χ0n) is 13.1. The molecule has 5 rings (SSSR count). The standard InChI is InChI=1S/C17H28N4/c1-2-21-11-15(10-19-21)6-16(20-18)17-7-12-3-13(8-17)5-14(4-12)9-17/h10-14,16,20H,2-9,18H2,1H3. The van der Waals surface area contributed by atoms with Crippen LogP contribution >= 0.6 is 0 Å². The lowest BCUT2D eigenvalue weighted by molar-refractivity contribution is -0.0737. The van der Waals surface area contributed by atoms with Gasteiger partial charge >= 0.3 is 0 Å². The molecule has 4 fully saturated rings. The summed E-state index contributed by atoms with van der Waals surface area (Å²) < 4.78 is 2.02. The summed E-state index contributed by atoms with van der Waals surface area (Å²) in [5, 5.41) is 4.42. The normalized spacial score (nSPS) is 38.9. The number of aryl methyl sites for hydroxylation is 1. The van der Waals surface area contributed by atoms with E-state index in [1.807, 2.05) is 10.9 Å². The van der Waals surface area contributed by atoms with Crippen LogP contribution in [-0.2, 0) is 13.0 Å². The molecule has 3 N–H and O–H groups in total. The van der Waals surface area contributed by atoms with E-state index in [4.69, 9.17) is 5.84 Å². The summed E-state index contributed by atoms with van der Waals surface area (Å²) in [7, 11) is 0. The monoisotopic (exact) mass is 288 g/mol. The Labute approximate surface area is 127 Å². The van der Waals surface area contributed by atoms with E-state index < -0.39 is 0 Å². The Bertz CT molecular complexity index is 471. The highest BCUT2D eigenvalue weighted by atomic mass is 15.3. The van der Waals surface area contributed by atoms with Crippen molar-refractivity contribution in [2.75, 3.05) is 0 Å². The van der Waals surface area contributed by atoms with Gasteiger partial charge in [-0.2, -0.15) is 5.10 Å². The highest BCUT2D eigenvalue weighted by molar-refractivity contribution is 5.12. The Morgan fingerprint density at radius 1 is 1.29 bits per heavy atom. The SMILES string of the molecule is CCn1cc(CC(NN)C23CC4CC(CC(C4)C2)C3)cn1. The first-order chi connectivity index (χ1) is 10.2. The Balaban J connectivity index is 1.55. The second-order valence-electron chi connectivity index (χ2n) is 7.91. The fourth-order valence-corrected chi connectivity index (χ4v) is 5.98. The fraction of sp³-hybridized carbons (Fsp3) is 0.824. The third-order valence-electron chi connectivity index (χ3n) is 6.48. The van der Waals surface area contributed by atoms with Crippen molar-refractivity contribution in [2.24, 2.45) is 29.0 Å². The molecular formula is C17H28N4. The molecule has 1 heterocycles. The van der Waals surface area contributed by atoms with Crippen LogP contribution < -0.4 is 11.3 Å². The minimum Gasteiger partial charge on any atom is -0.273 e. The molecule has 0 radical (unpaired) electrons. The molecular weight excluding hydrogens is 260 g/mol. The number of hydrazine groups is 1. The van der Waals surface area contributed by atoms with Gasteiger partial charge in [0.25, 0.3) is 0 Å². The molecule has 1 atom stereocenters. The number of nitrogens with zero attached hydrogens (tertiary/aromatic N) is 2. The van der Waals surface area contributed by atoms with Crippen molar-refractivity contribution in [1.29, 1.82) is 0 Å². The molecule has 4 nitrogen and oxygen atoms in total. The minimum absolute atomic E-state index is 0.417. The van der Waals surface area contributed by atoms with Gasteiger partial charge in [0.2, 0.25) is 0 Å². The van der Waals surface area contributed by atoms with E-state index in [2.05, 4.69) is 23.6 Å². The van der Waals surface area contributed by atoms with E-state index >= 15 is 0 Å². The molecule has 0 aromatic carbocycles. The molecule has 4 bridgehead atoms. The van der Waals surface area contributed by atoms with E-state index in [0.717, 1.165) is 30.7 Å². The lowest BCUT2D eigenvalue weighted by Crippen LogP contribution is -2.58. The summed E-state index contributed by atoms with van der Waals surface area (Å²) in [4.78, 5) is 0. The van der Waals surface area contributed by atoms with Gasteiger partial charge in [-0.25, -0.2) is 0 Å². The largest absolute Gasteiger partial charge is 0.273 e. The molecule has 116 valence electrons. The topological polar surface area (TPSA) is 55.9 Å². The average molecular weight is 288 g/mol. The zero-order chi connectivity index (χ0) is 14.4. The van der Waals surface area contributed by atoms with Crippen LogP contribution in [0.5, 0.6) is 0 Å². The third-order valence-corrected chi connectivity index (χ3v) is 6.48. The molecule has 1 unspecified atom stereocenters. The smallest absolute Gasteiger partial charge is 0.0522 e. The van der Waals surface area contributed by atoms with Crippen molar-refractivity contribution in [3.8, 4) is 0 Å². The van der Waals surface area contributed by atoms with Crippen LogP contribution in [-0.4, -0.2) is 15.8 Å². The number of hydrogen-bond acceptors (Lipinski definition) is 3. The summed E-state index contributed by atoms with van der Waals surface area (Å²) in [6, 6.07) is 0.417. The molecule has 0 spiro atoms. The van der Waals surface area contributed by atoms with Crippen LogP contribution in [0.4, 0.5) is 0 Å². The number of hydrogen-bond donors (Lipinski definition) is 2. The molecule has 4 heteroatoms. The lowest BCUT2D eigenvalue weighted by Gasteiger charge is -2.59. The van der Waals surface area contributed by atoms with Gasteiger partial charge in [-0.3, -0.25) is 16.0 Å². The number of nitrogens with one attached hydrogen (secondary N) is 1. The quantitative estimate of drug-likeness (QED) is 0.646. The first-order valence-electron chi connectivity index (χ1n) is 8.68. The van der Waals surface area contributed by atoms with Crippen LogP contribution in [0, 0.1) is 23.2 Å². The van der Waals surface area contributed by atoms with E-state index in [9.17, 15) is 0 Å². The number of aromatic nitrogens is 2. The average Bonchev–Trinajstić information content (AvgIpc) is 2.91. The Morgan fingerprint density at radius 3 is 2.38 bits per heavy atom. The Kier molecular flexibility index (Phi) is 3.34. The van der Waals surface area contributed by atoms with Crippen molar-refractivity contribution in [3.63, 3.8) is 0 Å². The number of rotatable bonds is 5. The molecule has 21 heavy (non-hydrogen) atoms. The van der Waals surface area contributed by atoms with E-state index in [1.165, 1.54) is 44.1 Å². The summed E-state index contributed by atoms with van der Waals surface area (Å²) >= 11 is 0. The van der Waals surface area contributed by atoms with E-state index in [-0.39, 0.29) is 0 Å². The predicted octanol–water partition coefficient (Wildman–Crippen LogP) is 2.49. The van der Waals surface area contributed by atoms with Gasteiger partial charge in [0, 0.05) is 18.8 Å². The Morgan fingerprint density at radius 2 is 1.90 bits per heavy atom. The molecule has 1 aromatic rings. The minimum atomic E-state index is 0.417. The first-order valence-corrected chi connectivity index (χ1v) is 8.68. The maximum Gasteiger partial charge on any atom is 0.0522 e. The summed E-state index contributed by atoms with van der Waals surface area (Å²) in [5.74, 6) is 8.94. The molecule has 4 saturated carbocycles. The molecule has 4 aliphatic carbocycles. The number of nitrogens with two attached hydrogens (primary N) is 1. The van der Waals surface area contributed by atoms with Gasteiger partial charge in [0.1, 0.15) is 0 Å². The van der Waals surface area contributed by atoms with Gasteiger partial charge in [-0.1, -0.05) is 0 Å². The summed E-state index contributed by atoms with van der Waals surface area (Å²) in [6.45, 7) is 3.08. The van der Waals surface area contributed by atoms with Crippen LogP contribution in [0.3, 0.4) is 0 Å². The van der Waals surface area contributed by atoms with Crippen LogP contribution in [0.1, 0.15) is 51.0 Å². The highest BCUT2D eigenvalue weighted by Gasteiger charge is 2.53. The van der Waals surface area contributed by atoms with Gasteiger partial charge in [0.15, 0.2) is 0 Å². The Hall–Kier alpha value is -0.870. The summed E-state index contributed by atoms with van der Waals surface area (Å²) in [5.41, 5.74) is 4.98. The van der Waals surface area contributed by atoms with E-state index in [1.54, 1.807) is 0 Å². The molecule has 0 saturated heterocycles. The molecule has 0 aliphatic heterocycles. The third kappa shape index (κ3) is 2.33. The van der Waals surface area contributed by atoms with E-state index in [0.29, 0.717) is 11.5 Å². The van der Waals surface area contributed by atoms with Crippen molar-refractivity contribution in [3.05, 3.63) is 18.0 Å². The second kappa shape index (κ2) is 5.10. The van der Waals surface area contributed by atoms with Crippen LogP contribution in [0.2, 0.25) is 0 Å². The van der Waals surface area contributed by atoms with Crippen LogP contribution in [0.15, 0.2) is 12.4 Å². The molecule has 4 aliphatic rings. The maximum absolute atomic E-state index is 6.00. The predicted molar refractivity (Wildman–Crippen MR) is 83.3 cm³/mol. The van der Waals surface area contributed by atoms with Crippen molar-refractivity contribution < 1.29 is 0 Å². The highest BCUT2D eigenvalue weighted by Crippen LogP contribution is 2.61. The van der Waals surface area contributed by atoms with Gasteiger partial charge in [-0.05, 0) is 80.6 Å². The second-order valence-corrected chi connectivity index (χ2v) is 7.91. The van der Waals surface area contributed by atoms with Gasteiger partial charge in [0.05, 0.1) is 6.20 Å². The maximum atomic E-state index is 6.00. The first kappa shape index (κ1) is 13.8. The fourth-order valence-electron chi connectivity index (χ4n) is 5.98. The van der Waals surface area contributed by atoms with Crippen LogP contribution in [0.25, 0.3) is 0 Å².